The van der Waals surface area contributed by atoms with Gasteiger partial charge >= 0.3 is 0 Å². The molecule has 1 aromatic carbocycles. The summed E-state index contributed by atoms with van der Waals surface area (Å²) in [5.74, 6) is -10.1. The van der Waals surface area contributed by atoms with Crippen LogP contribution in [0.25, 0.3) is 0 Å². The summed E-state index contributed by atoms with van der Waals surface area (Å²) < 4.78 is 0. The highest BCUT2D eigenvalue weighted by atomic mass is 16.3. The number of primary amides is 3. The molecule has 1 aliphatic rings. The van der Waals surface area contributed by atoms with Gasteiger partial charge in [-0.2, -0.15) is 0 Å². The van der Waals surface area contributed by atoms with Crippen molar-refractivity contribution in [1.29, 1.82) is 0 Å². The van der Waals surface area contributed by atoms with Gasteiger partial charge in [0.25, 0.3) is 0 Å². The molecular formula is C43H66N12O12. The molecule has 7 atom stereocenters. The van der Waals surface area contributed by atoms with Crippen molar-refractivity contribution < 1.29 is 57.8 Å². The van der Waals surface area contributed by atoms with Crippen molar-refractivity contribution in [2.75, 3.05) is 26.7 Å². The van der Waals surface area contributed by atoms with Gasteiger partial charge in [-0.05, 0) is 48.3 Å². The first kappa shape index (κ1) is 55.9. The Kier molecular flexibility index (Phi) is 21.7. The van der Waals surface area contributed by atoms with Crippen LogP contribution in [0.4, 0.5) is 0 Å². The van der Waals surface area contributed by atoms with Crippen LogP contribution < -0.4 is 59.7 Å². The number of carbonyl (C=O) groups excluding carboxylic acids is 11. The molecule has 0 unspecified atom stereocenters. The van der Waals surface area contributed by atoms with E-state index in [4.69, 9.17) is 17.2 Å². The molecule has 1 aromatic rings. The lowest BCUT2D eigenvalue weighted by Crippen LogP contribution is -2.60. The largest absolute Gasteiger partial charge is 0.508 e. The highest BCUT2D eigenvalue weighted by Gasteiger charge is 2.36. The Hall–Kier alpha value is -7.27. The van der Waals surface area contributed by atoms with E-state index in [9.17, 15) is 57.8 Å². The Morgan fingerprint density at radius 1 is 0.836 bits per heavy atom. The Morgan fingerprint density at radius 3 is 2.01 bits per heavy atom. The molecule has 0 radical (unpaired) electrons. The van der Waals surface area contributed by atoms with E-state index in [0.717, 1.165) is 4.90 Å². The van der Waals surface area contributed by atoms with Gasteiger partial charge in [-0.3, -0.25) is 52.7 Å². The van der Waals surface area contributed by atoms with Gasteiger partial charge < -0.3 is 69.7 Å². The van der Waals surface area contributed by atoms with Gasteiger partial charge in [0.1, 0.15) is 36.0 Å². The van der Waals surface area contributed by atoms with E-state index in [0.29, 0.717) is 12.0 Å². The zero-order chi connectivity index (χ0) is 50.8. The molecule has 0 spiro atoms. The standard InChI is InChI=1S/C43H66N12O12/c1-8-22(2)36-40(65)51-26(13-15-30(44)57)38(63)53-29(18-31(45)58)39(64)52-27(42(67)55(7)21-35(62)54-37(43(4,5)6)41(66)48-19-32(46)59)14-16-33(60)47-20-34(61)50-28(23(3)49-36)17-24-9-11-25(56)12-10-24/h9-12,22,26-29,36-37,49,56H,3,8,13-21H2,1-2,4-7H3,(H2,44,57)(H2,45,58)(H2,46,59)(H,47,60)(H,48,66)(H,50,61)(H,51,65)(H,52,64)(H,53,63)(H,54,62)/t22-,26-,27-,28-,29-,36-,37+/m0/s1. The van der Waals surface area contributed by atoms with Crippen LogP contribution in [-0.4, -0.2) is 138 Å². The molecule has 24 heteroatoms. The lowest BCUT2D eigenvalue weighted by Gasteiger charge is -2.32. The van der Waals surface area contributed by atoms with Gasteiger partial charge in [-0.25, -0.2) is 0 Å². The van der Waals surface area contributed by atoms with Gasteiger partial charge in [0.15, 0.2) is 0 Å². The molecule has 0 aliphatic carbocycles. The Bertz CT molecular complexity index is 2020. The first-order valence-electron chi connectivity index (χ1n) is 21.6. The minimum Gasteiger partial charge on any atom is -0.508 e. The van der Waals surface area contributed by atoms with Gasteiger partial charge in [0.05, 0.1) is 32.1 Å². The van der Waals surface area contributed by atoms with Crippen LogP contribution in [0.2, 0.25) is 0 Å². The number of amides is 11. The van der Waals surface area contributed by atoms with Crippen LogP contribution in [0, 0.1) is 11.3 Å². The number of rotatable bonds is 16. The normalized spacial score (nSPS) is 21.3. The van der Waals surface area contributed by atoms with Crippen molar-refractivity contribution in [2.45, 2.75) is 116 Å². The summed E-state index contributed by atoms with van der Waals surface area (Å²) in [6.45, 7) is 10.7. The molecule has 2 rings (SSSR count). The zero-order valence-electron chi connectivity index (χ0n) is 38.7. The lowest BCUT2D eigenvalue weighted by atomic mass is 9.86. The summed E-state index contributed by atoms with van der Waals surface area (Å²) in [5.41, 5.74) is 15.9. The van der Waals surface area contributed by atoms with Gasteiger partial charge in [-0.1, -0.05) is 59.8 Å². The van der Waals surface area contributed by atoms with E-state index in [1.165, 1.54) is 19.2 Å². The molecule has 0 bridgehead atoms. The monoisotopic (exact) mass is 942 g/mol. The molecular weight excluding hydrogens is 877 g/mol. The SMILES string of the molecule is C=C1N[C@@H]([C@@H](C)CC)C(=O)N[C@@H](CCC(N)=O)C(=O)N[C@@H](CC(N)=O)C(=O)N[C@H](C(=O)N(C)CC(=O)N[C@H](C(=O)NCC(N)=O)C(C)(C)C)CCC(=O)NCC(=O)N[C@H]1Cc1ccc(O)cc1. The summed E-state index contributed by atoms with van der Waals surface area (Å²) in [6, 6.07) is -2.11. The predicted molar refractivity (Wildman–Crippen MR) is 241 cm³/mol. The van der Waals surface area contributed by atoms with E-state index in [1.807, 2.05) is 0 Å². The van der Waals surface area contributed by atoms with E-state index in [2.05, 4.69) is 49.1 Å². The van der Waals surface area contributed by atoms with Crippen LogP contribution >= 0.6 is 0 Å². The Balaban J connectivity index is 2.60. The topological polar surface area (TPSA) is 386 Å². The van der Waals surface area contributed by atoms with Crippen molar-refractivity contribution >= 4 is 65.0 Å². The summed E-state index contributed by atoms with van der Waals surface area (Å²) in [6.07, 6.45) is -2.03. The van der Waals surface area contributed by atoms with Crippen LogP contribution in [0.5, 0.6) is 5.75 Å². The number of nitrogens with one attached hydrogen (secondary N) is 8. The van der Waals surface area contributed by atoms with Crippen LogP contribution in [-0.2, 0) is 59.2 Å². The summed E-state index contributed by atoms with van der Waals surface area (Å²) in [4.78, 5) is 145. The van der Waals surface area contributed by atoms with Crippen molar-refractivity contribution in [3.63, 3.8) is 0 Å². The fourth-order valence-corrected chi connectivity index (χ4v) is 6.67. The Labute approximate surface area is 388 Å². The molecule has 11 amide bonds. The maximum atomic E-state index is 14.1. The number of hydrogen-bond donors (Lipinski definition) is 12. The van der Waals surface area contributed by atoms with E-state index >= 15 is 0 Å². The number of aromatic hydroxyl groups is 1. The highest BCUT2D eigenvalue weighted by molar-refractivity contribution is 5.98. The number of nitrogens with two attached hydrogens (primary N) is 3. The first-order valence-corrected chi connectivity index (χ1v) is 21.6. The Morgan fingerprint density at radius 2 is 1.45 bits per heavy atom. The van der Waals surface area contributed by atoms with Crippen molar-refractivity contribution in [3.05, 3.63) is 42.1 Å². The minimum atomic E-state index is -1.79. The minimum absolute atomic E-state index is 0.0106. The van der Waals surface area contributed by atoms with Crippen molar-refractivity contribution in [3.8, 4) is 5.75 Å². The summed E-state index contributed by atoms with van der Waals surface area (Å²) in [7, 11) is 1.19. The van der Waals surface area contributed by atoms with Gasteiger partial charge in [-0.15, -0.1) is 0 Å². The van der Waals surface area contributed by atoms with E-state index < -0.39 is 158 Å². The highest BCUT2D eigenvalue weighted by Crippen LogP contribution is 2.20. The number of phenolic OH excluding ortho intramolecular Hbond substituents is 1. The summed E-state index contributed by atoms with van der Waals surface area (Å²) >= 11 is 0. The quantitative estimate of drug-likeness (QED) is 0.0754. The van der Waals surface area contributed by atoms with Crippen molar-refractivity contribution in [1.82, 2.24) is 47.4 Å². The van der Waals surface area contributed by atoms with Crippen LogP contribution in [0.1, 0.15) is 78.7 Å². The van der Waals surface area contributed by atoms with E-state index in [-0.39, 0.29) is 24.3 Å². The maximum absolute atomic E-state index is 14.1. The average molecular weight is 943 g/mol. The molecule has 370 valence electrons. The van der Waals surface area contributed by atoms with Gasteiger partial charge in [0, 0.05) is 25.6 Å². The molecule has 1 saturated heterocycles. The third-order valence-corrected chi connectivity index (χ3v) is 10.7. The number of nitrogens with zero attached hydrogens (tertiary/aromatic N) is 1. The third-order valence-electron chi connectivity index (χ3n) is 10.7. The molecule has 1 aliphatic heterocycles. The number of phenols is 1. The number of likely N-dealkylation sites (N-methyl/N-ethyl adjacent to an activating group) is 1. The molecule has 67 heavy (non-hydrogen) atoms. The van der Waals surface area contributed by atoms with Crippen molar-refractivity contribution in [2.24, 2.45) is 28.5 Å². The fraction of sp³-hybridized carbons (Fsp3) is 0.558. The number of hydrogen-bond acceptors (Lipinski definition) is 13. The first-order chi connectivity index (χ1) is 31.2. The average Bonchev–Trinajstić information content (AvgIpc) is 3.24. The molecule has 1 heterocycles. The van der Waals surface area contributed by atoms with Crippen LogP contribution in [0.15, 0.2) is 36.5 Å². The number of carbonyl (C=O) groups is 11. The smallest absolute Gasteiger partial charge is 0.245 e. The molecule has 0 aromatic heterocycles. The molecule has 0 saturated carbocycles. The third kappa shape index (κ3) is 19.4. The van der Waals surface area contributed by atoms with E-state index in [1.54, 1.807) is 46.8 Å². The number of benzene rings is 1. The second-order valence-electron chi connectivity index (χ2n) is 17.4. The van der Waals surface area contributed by atoms with Gasteiger partial charge in [0.2, 0.25) is 65.0 Å². The predicted octanol–water partition coefficient (Wildman–Crippen LogP) is -3.97. The molecule has 15 N–H and O–H groups in total. The van der Waals surface area contributed by atoms with Crippen LogP contribution in [0.3, 0.4) is 0 Å². The molecule has 1 fully saturated rings. The fourth-order valence-electron chi connectivity index (χ4n) is 6.67. The second-order valence-corrected chi connectivity index (χ2v) is 17.4. The molecule has 24 nitrogen and oxygen atoms in total. The lowest BCUT2D eigenvalue weighted by molar-refractivity contribution is -0.140. The zero-order valence-corrected chi connectivity index (χ0v) is 38.7. The summed E-state index contributed by atoms with van der Waals surface area (Å²) in [5, 5.41) is 30.3. The maximum Gasteiger partial charge on any atom is 0.245 e. The second kappa shape index (κ2) is 26.0.